The first-order chi connectivity index (χ1) is 14.1. The van der Waals surface area contributed by atoms with E-state index in [1.165, 1.54) is 29.2 Å². The number of hydrogen-bond donors (Lipinski definition) is 0. The summed E-state index contributed by atoms with van der Waals surface area (Å²) in [5.41, 5.74) is 3.46. The fourth-order valence-corrected chi connectivity index (χ4v) is 3.22. The average molecular weight is 386 g/mol. The number of carbonyl (C=O) groups excluding carboxylic acids is 1. The molecule has 1 aliphatic heterocycles. The second-order valence-corrected chi connectivity index (χ2v) is 6.57. The molecule has 3 aromatic rings. The van der Waals surface area contributed by atoms with Crippen LogP contribution in [0.2, 0.25) is 0 Å². The van der Waals surface area contributed by atoms with E-state index in [1.807, 2.05) is 54.6 Å². The van der Waals surface area contributed by atoms with Crippen molar-refractivity contribution < 1.29 is 14.5 Å². The third-order valence-electron chi connectivity index (χ3n) is 4.72. The van der Waals surface area contributed by atoms with Crippen LogP contribution in [0.1, 0.15) is 5.56 Å². The van der Waals surface area contributed by atoms with Crippen molar-refractivity contribution in [3.05, 3.63) is 94.6 Å². The molecule has 6 nitrogen and oxygen atoms in total. The first-order valence-corrected chi connectivity index (χ1v) is 9.18. The molecule has 0 fully saturated rings. The van der Waals surface area contributed by atoms with Gasteiger partial charge in [0.05, 0.1) is 17.2 Å². The van der Waals surface area contributed by atoms with E-state index < -0.39 is 4.92 Å². The van der Waals surface area contributed by atoms with Crippen molar-refractivity contribution in [2.75, 3.05) is 18.1 Å². The maximum Gasteiger partial charge on any atom is 0.271 e. The molecule has 0 aliphatic carbocycles. The molecule has 0 spiro atoms. The molecule has 1 amide bonds. The van der Waals surface area contributed by atoms with Crippen LogP contribution < -0.4 is 9.64 Å². The number of nitrogens with zero attached hydrogens (tertiary/aromatic N) is 2. The smallest absolute Gasteiger partial charge is 0.271 e. The number of hydrogen-bond acceptors (Lipinski definition) is 4. The Bertz CT molecular complexity index is 1080. The Hall–Kier alpha value is -3.93. The van der Waals surface area contributed by atoms with Crippen LogP contribution in [0.3, 0.4) is 0 Å². The van der Waals surface area contributed by atoms with Crippen LogP contribution in [0.4, 0.5) is 11.4 Å². The molecule has 0 saturated heterocycles. The van der Waals surface area contributed by atoms with Gasteiger partial charge in [-0.1, -0.05) is 54.6 Å². The monoisotopic (exact) mass is 386 g/mol. The first kappa shape index (κ1) is 18.4. The number of fused-ring (bicyclic) bond motifs is 1. The normalized spacial score (nSPS) is 13.0. The molecule has 0 atom stereocenters. The first-order valence-electron chi connectivity index (χ1n) is 9.18. The van der Waals surface area contributed by atoms with Crippen molar-refractivity contribution >= 4 is 23.4 Å². The van der Waals surface area contributed by atoms with Crippen molar-refractivity contribution in [2.24, 2.45) is 0 Å². The lowest BCUT2D eigenvalue weighted by Gasteiger charge is -2.28. The second-order valence-electron chi connectivity index (χ2n) is 6.57. The highest BCUT2D eigenvalue weighted by Crippen LogP contribution is 2.35. The molecule has 144 valence electrons. The molecule has 3 aromatic carbocycles. The van der Waals surface area contributed by atoms with Gasteiger partial charge in [-0.25, -0.2) is 0 Å². The van der Waals surface area contributed by atoms with Gasteiger partial charge in [0.2, 0.25) is 0 Å². The number of nitro groups is 1. The van der Waals surface area contributed by atoms with Crippen molar-refractivity contribution in [1.29, 1.82) is 0 Å². The average Bonchev–Trinajstić information content (AvgIpc) is 2.77. The molecule has 1 heterocycles. The van der Waals surface area contributed by atoms with Gasteiger partial charge in [0.1, 0.15) is 12.4 Å². The Labute approximate surface area is 167 Å². The van der Waals surface area contributed by atoms with Crippen LogP contribution in [-0.2, 0) is 4.79 Å². The molecule has 0 N–H and O–H groups in total. The lowest BCUT2D eigenvalue weighted by molar-refractivity contribution is -0.384. The van der Waals surface area contributed by atoms with Gasteiger partial charge < -0.3 is 9.64 Å². The third-order valence-corrected chi connectivity index (χ3v) is 4.72. The lowest BCUT2D eigenvalue weighted by Crippen LogP contribution is -2.36. The van der Waals surface area contributed by atoms with Gasteiger partial charge in [0.15, 0.2) is 0 Å². The molecule has 0 bridgehead atoms. The van der Waals surface area contributed by atoms with E-state index in [9.17, 15) is 14.9 Å². The Morgan fingerprint density at radius 3 is 2.45 bits per heavy atom. The summed E-state index contributed by atoms with van der Waals surface area (Å²) < 4.78 is 5.52. The minimum Gasteiger partial charge on any atom is -0.490 e. The highest BCUT2D eigenvalue weighted by Gasteiger charge is 2.24. The van der Waals surface area contributed by atoms with Crippen LogP contribution in [0.5, 0.6) is 5.75 Å². The van der Waals surface area contributed by atoms with Crippen molar-refractivity contribution in [3.63, 3.8) is 0 Å². The van der Waals surface area contributed by atoms with Crippen molar-refractivity contribution in [2.45, 2.75) is 0 Å². The Morgan fingerprint density at radius 2 is 1.72 bits per heavy atom. The quantitative estimate of drug-likeness (QED) is 0.370. The second kappa shape index (κ2) is 7.98. The molecule has 6 heteroatoms. The van der Waals surface area contributed by atoms with Gasteiger partial charge in [-0.2, -0.15) is 0 Å². The van der Waals surface area contributed by atoms with Crippen LogP contribution in [-0.4, -0.2) is 24.0 Å². The Balaban J connectivity index is 1.52. The number of anilines is 1. The standard InChI is InChI=1S/C23H18N2O4/c26-23(24-14-15-29-22-12-11-20(25(27)28)16-21(22)24)13-8-17-6-9-19(10-7-17)18-4-2-1-3-5-18/h1-13,16H,14-15H2/b13-8+. The highest BCUT2D eigenvalue weighted by atomic mass is 16.6. The van der Waals surface area contributed by atoms with Gasteiger partial charge in [0.25, 0.3) is 11.6 Å². The number of rotatable bonds is 4. The number of amides is 1. The number of carbonyl (C=O) groups is 1. The molecule has 0 unspecified atom stereocenters. The SMILES string of the molecule is O=C(/C=C/c1ccc(-c2ccccc2)cc1)N1CCOc2ccc([N+](=O)[O-])cc21. The summed E-state index contributed by atoms with van der Waals surface area (Å²) in [7, 11) is 0. The third kappa shape index (κ3) is 4.01. The Kier molecular flexibility index (Phi) is 5.07. The summed E-state index contributed by atoms with van der Waals surface area (Å²) in [5, 5.41) is 11.1. The zero-order valence-electron chi connectivity index (χ0n) is 15.5. The summed E-state index contributed by atoms with van der Waals surface area (Å²) in [6.07, 6.45) is 3.22. The fourth-order valence-electron chi connectivity index (χ4n) is 3.22. The van der Waals surface area contributed by atoms with Crippen LogP contribution in [0.15, 0.2) is 78.9 Å². The summed E-state index contributed by atoms with van der Waals surface area (Å²) in [6.45, 7) is 0.681. The molecule has 0 radical (unpaired) electrons. The van der Waals surface area contributed by atoms with Gasteiger partial charge in [0, 0.05) is 18.2 Å². The predicted molar refractivity (Wildman–Crippen MR) is 112 cm³/mol. The number of nitro benzene ring substituents is 1. The zero-order valence-corrected chi connectivity index (χ0v) is 15.5. The molecule has 29 heavy (non-hydrogen) atoms. The van der Waals surface area contributed by atoms with Crippen molar-refractivity contribution in [3.8, 4) is 16.9 Å². The largest absolute Gasteiger partial charge is 0.490 e. The summed E-state index contributed by atoms with van der Waals surface area (Å²) in [6, 6.07) is 22.2. The minimum absolute atomic E-state index is 0.0764. The summed E-state index contributed by atoms with van der Waals surface area (Å²) >= 11 is 0. The molecule has 0 aromatic heterocycles. The summed E-state index contributed by atoms with van der Waals surface area (Å²) in [4.78, 5) is 24.8. The molecular formula is C23H18N2O4. The lowest BCUT2D eigenvalue weighted by atomic mass is 10.0. The van der Waals surface area contributed by atoms with E-state index >= 15 is 0 Å². The van der Waals surface area contributed by atoms with Gasteiger partial charge in [-0.05, 0) is 28.8 Å². The van der Waals surface area contributed by atoms with E-state index in [4.69, 9.17) is 4.74 Å². The fraction of sp³-hybridized carbons (Fsp3) is 0.0870. The molecule has 4 rings (SSSR count). The molecule has 1 aliphatic rings. The van der Waals surface area contributed by atoms with Crippen LogP contribution in [0.25, 0.3) is 17.2 Å². The van der Waals surface area contributed by atoms with E-state index in [0.29, 0.717) is 24.6 Å². The topological polar surface area (TPSA) is 72.7 Å². The number of ether oxygens (including phenoxy) is 1. The van der Waals surface area contributed by atoms with E-state index in [1.54, 1.807) is 6.08 Å². The van der Waals surface area contributed by atoms with E-state index in [2.05, 4.69) is 0 Å². The highest BCUT2D eigenvalue weighted by molar-refractivity contribution is 6.05. The number of benzene rings is 3. The minimum atomic E-state index is -0.484. The zero-order chi connectivity index (χ0) is 20.2. The Morgan fingerprint density at radius 1 is 1.00 bits per heavy atom. The summed E-state index contributed by atoms with van der Waals surface area (Å²) in [5.74, 6) is 0.220. The van der Waals surface area contributed by atoms with Gasteiger partial charge in [-0.15, -0.1) is 0 Å². The van der Waals surface area contributed by atoms with Crippen molar-refractivity contribution in [1.82, 2.24) is 0 Å². The maximum atomic E-state index is 12.7. The number of non-ortho nitro benzene ring substituents is 1. The van der Waals surface area contributed by atoms with E-state index in [-0.39, 0.29) is 11.6 Å². The molecular weight excluding hydrogens is 368 g/mol. The predicted octanol–water partition coefficient (Wildman–Crippen LogP) is 4.70. The van der Waals surface area contributed by atoms with Crippen LogP contribution in [0, 0.1) is 10.1 Å². The maximum absolute atomic E-state index is 12.7. The van der Waals surface area contributed by atoms with E-state index in [0.717, 1.165) is 16.7 Å². The van der Waals surface area contributed by atoms with Crippen LogP contribution >= 0.6 is 0 Å². The van der Waals surface area contributed by atoms with Gasteiger partial charge in [-0.3, -0.25) is 14.9 Å². The molecule has 0 saturated carbocycles. The van der Waals surface area contributed by atoms with Gasteiger partial charge >= 0.3 is 0 Å².